The summed E-state index contributed by atoms with van der Waals surface area (Å²) in [4.78, 5) is 0. The molecular formula is C31H36. The van der Waals surface area contributed by atoms with Crippen LogP contribution in [0.5, 0.6) is 0 Å². The SMILES string of the molecule is C/C=C/c1ccc(/C=C/c2ccc(CC(Cc3ccc(C)cc3)C(C)(C)C)cc2)cc1. The van der Waals surface area contributed by atoms with Crippen molar-refractivity contribution in [2.45, 2.75) is 47.5 Å². The van der Waals surface area contributed by atoms with Crippen molar-refractivity contribution in [1.29, 1.82) is 0 Å². The predicted molar refractivity (Wildman–Crippen MR) is 138 cm³/mol. The number of benzene rings is 3. The summed E-state index contributed by atoms with van der Waals surface area (Å²) >= 11 is 0. The van der Waals surface area contributed by atoms with Crippen molar-refractivity contribution in [3.8, 4) is 0 Å². The Morgan fingerprint density at radius 3 is 1.42 bits per heavy atom. The summed E-state index contributed by atoms with van der Waals surface area (Å²) in [7, 11) is 0. The summed E-state index contributed by atoms with van der Waals surface area (Å²) in [5.41, 5.74) is 8.15. The van der Waals surface area contributed by atoms with Crippen LogP contribution in [0, 0.1) is 18.3 Å². The van der Waals surface area contributed by atoms with Crippen molar-refractivity contribution < 1.29 is 0 Å². The van der Waals surface area contributed by atoms with E-state index in [9.17, 15) is 0 Å². The first-order chi connectivity index (χ1) is 14.8. The van der Waals surface area contributed by atoms with Gasteiger partial charge < -0.3 is 0 Å². The minimum absolute atomic E-state index is 0.266. The predicted octanol–water partition coefficient (Wildman–Crippen LogP) is 8.65. The van der Waals surface area contributed by atoms with E-state index in [2.05, 4.69) is 125 Å². The second-order valence-electron chi connectivity index (χ2n) is 9.70. The molecule has 3 rings (SSSR count). The molecule has 0 nitrogen and oxygen atoms in total. The Morgan fingerprint density at radius 2 is 1.00 bits per heavy atom. The third-order valence-corrected chi connectivity index (χ3v) is 6.05. The molecule has 0 heterocycles. The topological polar surface area (TPSA) is 0 Å². The van der Waals surface area contributed by atoms with Crippen LogP contribution in [-0.2, 0) is 12.8 Å². The molecule has 0 spiro atoms. The van der Waals surface area contributed by atoms with Gasteiger partial charge in [0.15, 0.2) is 0 Å². The lowest BCUT2D eigenvalue weighted by atomic mass is 9.74. The van der Waals surface area contributed by atoms with Gasteiger partial charge in [-0.15, -0.1) is 0 Å². The Kier molecular flexibility index (Phi) is 7.69. The van der Waals surface area contributed by atoms with E-state index >= 15 is 0 Å². The lowest BCUT2D eigenvalue weighted by Gasteiger charge is -2.31. The smallest absolute Gasteiger partial charge is 0.0242 e. The van der Waals surface area contributed by atoms with E-state index in [0.29, 0.717) is 5.92 Å². The van der Waals surface area contributed by atoms with Gasteiger partial charge in [-0.1, -0.05) is 123 Å². The molecule has 0 N–H and O–H groups in total. The minimum Gasteiger partial charge on any atom is -0.0871 e. The van der Waals surface area contributed by atoms with Crippen LogP contribution in [0.1, 0.15) is 61.1 Å². The molecule has 1 unspecified atom stereocenters. The number of hydrogen-bond acceptors (Lipinski definition) is 0. The normalized spacial score (nSPS) is 13.2. The Morgan fingerprint density at radius 1 is 0.613 bits per heavy atom. The lowest BCUT2D eigenvalue weighted by molar-refractivity contribution is 0.237. The molecule has 0 aliphatic rings. The number of allylic oxidation sites excluding steroid dienone is 1. The summed E-state index contributed by atoms with van der Waals surface area (Å²) in [5.74, 6) is 0.604. The highest BCUT2D eigenvalue weighted by molar-refractivity contribution is 5.70. The Balaban J connectivity index is 1.66. The Bertz CT molecular complexity index is 992. The molecule has 0 aliphatic carbocycles. The number of rotatable bonds is 7. The van der Waals surface area contributed by atoms with Crippen LogP contribution in [0.4, 0.5) is 0 Å². The molecule has 0 saturated carbocycles. The molecule has 0 heteroatoms. The van der Waals surface area contributed by atoms with Crippen molar-refractivity contribution >= 4 is 18.2 Å². The van der Waals surface area contributed by atoms with Gasteiger partial charge in [-0.25, -0.2) is 0 Å². The van der Waals surface area contributed by atoms with Crippen molar-refractivity contribution in [3.05, 3.63) is 112 Å². The summed E-state index contributed by atoms with van der Waals surface area (Å²) in [5, 5.41) is 0. The summed E-state index contributed by atoms with van der Waals surface area (Å²) < 4.78 is 0. The van der Waals surface area contributed by atoms with Crippen LogP contribution in [0.2, 0.25) is 0 Å². The minimum atomic E-state index is 0.266. The van der Waals surface area contributed by atoms with Crippen LogP contribution in [0.15, 0.2) is 78.9 Å². The van der Waals surface area contributed by atoms with Crippen LogP contribution >= 0.6 is 0 Å². The monoisotopic (exact) mass is 408 g/mol. The third-order valence-electron chi connectivity index (χ3n) is 6.05. The first kappa shape index (κ1) is 22.8. The maximum atomic E-state index is 2.37. The van der Waals surface area contributed by atoms with Gasteiger partial charge in [0.05, 0.1) is 0 Å². The van der Waals surface area contributed by atoms with Crippen LogP contribution < -0.4 is 0 Å². The molecule has 0 amide bonds. The highest BCUT2D eigenvalue weighted by atomic mass is 14.3. The quantitative estimate of drug-likeness (QED) is 0.343. The van der Waals surface area contributed by atoms with E-state index in [1.165, 1.54) is 33.4 Å². The second kappa shape index (κ2) is 10.4. The second-order valence-corrected chi connectivity index (χ2v) is 9.70. The van der Waals surface area contributed by atoms with Crippen molar-refractivity contribution in [2.75, 3.05) is 0 Å². The summed E-state index contributed by atoms with van der Waals surface area (Å²) in [6, 6.07) is 26.7. The third kappa shape index (κ3) is 7.10. The van der Waals surface area contributed by atoms with E-state index < -0.39 is 0 Å². The first-order valence-electron chi connectivity index (χ1n) is 11.4. The fourth-order valence-corrected chi connectivity index (χ4v) is 3.85. The van der Waals surface area contributed by atoms with Gasteiger partial charge in [-0.2, -0.15) is 0 Å². The molecule has 1 atom stereocenters. The van der Waals surface area contributed by atoms with E-state index in [1.54, 1.807) is 0 Å². The van der Waals surface area contributed by atoms with Crippen LogP contribution in [0.3, 0.4) is 0 Å². The lowest BCUT2D eigenvalue weighted by Crippen LogP contribution is -2.25. The summed E-state index contributed by atoms with van der Waals surface area (Å²) in [6.45, 7) is 11.3. The highest BCUT2D eigenvalue weighted by Gasteiger charge is 2.25. The van der Waals surface area contributed by atoms with Gasteiger partial charge in [-0.3, -0.25) is 0 Å². The standard InChI is InChI=1S/C31H36/c1-6-7-25-12-14-26(15-13-25)16-17-27-18-20-29(21-19-27)23-30(31(3,4)5)22-28-10-8-24(2)9-11-28/h6-21,30H,22-23H2,1-5H3/b7-6+,17-16+. The molecule has 31 heavy (non-hydrogen) atoms. The largest absolute Gasteiger partial charge is 0.0871 e. The molecule has 0 saturated heterocycles. The van der Waals surface area contributed by atoms with Gasteiger partial charge in [0, 0.05) is 0 Å². The molecular weight excluding hydrogens is 372 g/mol. The zero-order chi connectivity index (χ0) is 22.3. The van der Waals surface area contributed by atoms with Crippen LogP contribution in [0.25, 0.3) is 18.2 Å². The molecule has 0 bridgehead atoms. The van der Waals surface area contributed by atoms with E-state index in [0.717, 1.165) is 12.8 Å². The number of aryl methyl sites for hydroxylation is 1. The average Bonchev–Trinajstić information content (AvgIpc) is 2.75. The fourth-order valence-electron chi connectivity index (χ4n) is 3.85. The van der Waals surface area contributed by atoms with Gasteiger partial charge in [0.25, 0.3) is 0 Å². The zero-order valence-electron chi connectivity index (χ0n) is 19.7. The molecule has 0 aromatic heterocycles. The van der Waals surface area contributed by atoms with E-state index in [1.807, 2.05) is 6.92 Å². The molecule has 0 radical (unpaired) electrons. The van der Waals surface area contributed by atoms with Crippen molar-refractivity contribution in [1.82, 2.24) is 0 Å². The Hall–Kier alpha value is -2.86. The van der Waals surface area contributed by atoms with Gasteiger partial charge in [-0.05, 0) is 65.8 Å². The molecule has 3 aromatic rings. The van der Waals surface area contributed by atoms with Gasteiger partial charge in [0.2, 0.25) is 0 Å². The fraction of sp³-hybridized carbons (Fsp3) is 0.290. The number of hydrogen-bond donors (Lipinski definition) is 0. The van der Waals surface area contributed by atoms with Crippen LogP contribution in [-0.4, -0.2) is 0 Å². The maximum absolute atomic E-state index is 2.37. The molecule has 0 aliphatic heterocycles. The summed E-state index contributed by atoms with van der Waals surface area (Å²) in [6.07, 6.45) is 10.8. The van der Waals surface area contributed by atoms with Crippen molar-refractivity contribution in [3.63, 3.8) is 0 Å². The van der Waals surface area contributed by atoms with E-state index in [4.69, 9.17) is 0 Å². The Labute approximate surface area is 189 Å². The molecule has 160 valence electrons. The molecule has 0 fully saturated rings. The van der Waals surface area contributed by atoms with Gasteiger partial charge >= 0.3 is 0 Å². The van der Waals surface area contributed by atoms with Crippen molar-refractivity contribution in [2.24, 2.45) is 11.3 Å². The zero-order valence-corrected chi connectivity index (χ0v) is 19.7. The average molecular weight is 409 g/mol. The van der Waals surface area contributed by atoms with E-state index in [-0.39, 0.29) is 5.41 Å². The first-order valence-corrected chi connectivity index (χ1v) is 11.4. The maximum Gasteiger partial charge on any atom is -0.0242 e. The van der Waals surface area contributed by atoms with Gasteiger partial charge in [0.1, 0.15) is 0 Å². The molecule has 3 aromatic carbocycles. The highest BCUT2D eigenvalue weighted by Crippen LogP contribution is 2.32.